The highest BCUT2D eigenvalue weighted by Gasteiger charge is 2.08. The van der Waals surface area contributed by atoms with Gasteiger partial charge in [-0.25, -0.2) is 0 Å². The molecule has 4 N–H and O–H groups in total. The van der Waals surface area contributed by atoms with Crippen molar-refractivity contribution in [3.63, 3.8) is 0 Å². The van der Waals surface area contributed by atoms with Gasteiger partial charge in [0.05, 0.1) is 0 Å². The van der Waals surface area contributed by atoms with Gasteiger partial charge in [-0.2, -0.15) is 0 Å². The lowest BCUT2D eigenvalue weighted by molar-refractivity contribution is 0.167. The average Bonchev–Trinajstić information content (AvgIpc) is 1.59. The second-order valence-electron chi connectivity index (χ2n) is 3.20. The zero-order valence-corrected chi connectivity index (χ0v) is 6.31. The van der Waals surface area contributed by atoms with Crippen LogP contribution in [0.15, 0.2) is 0 Å². The maximum atomic E-state index is 8.63. The van der Waals surface area contributed by atoms with Gasteiger partial charge in [-0.15, -0.1) is 0 Å². The van der Waals surface area contributed by atoms with E-state index in [-0.39, 0.29) is 5.54 Å². The smallest absolute Gasteiger partial charge is 0.115 e. The Balaban J connectivity index is 3.28. The number of nitrogens with two attached hydrogens (primary N) is 1. The Kier molecular flexibility index (Phi) is 3.11. The molecular weight excluding hydrogens is 116 g/mol. The molecule has 0 aliphatic rings. The highest BCUT2D eigenvalue weighted by molar-refractivity contribution is 4.70. The van der Waals surface area contributed by atoms with E-state index in [0.29, 0.717) is 6.54 Å². The zero-order chi connectivity index (χ0) is 7.49. The lowest BCUT2D eigenvalue weighted by Gasteiger charge is -2.21. The Morgan fingerprint density at radius 1 is 1.56 bits per heavy atom. The van der Waals surface area contributed by atoms with E-state index in [1.165, 1.54) is 0 Å². The molecular formula is C6H16N2O. The normalized spacial score (nSPS) is 15.7. The Labute approximate surface area is 56.2 Å². The highest BCUT2D eigenvalue weighted by Crippen LogP contribution is 1.96. The van der Waals surface area contributed by atoms with Crippen molar-refractivity contribution in [3.8, 4) is 0 Å². The predicted octanol–water partition coefficient (Wildman–Crippen LogP) is -0.348. The number of β-amino-alcohol motifs (C(OH)–C–C–N with tert-alkyl or cyclic N) is 1. The fourth-order valence-corrected chi connectivity index (χ4v) is 0.411. The summed E-state index contributed by atoms with van der Waals surface area (Å²) in [4.78, 5) is 0. The Morgan fingerprint density at radius 3 is 2.11 bits per heavy atom. The first-order valence-corrected chi connectivity index (χ1v) is 3.10. The molecule has 0 aliphatic carbocycles. The number of hydrogen-bond donors (Lipinski definition) is 3. The van der Waals surface area contributed by atoms with Gasteiger partial charge in [0.2, 0.25) is 0 Å². The van der Waals surface area contributed by atoms with Gasteiger partial charge in [0.15, 0.2) is 0 Å². The minimum atomic E-state index is -0.746. The molecule has 1 unspecified atom stereocenters. The van der Waals surface area contributed by atoms with Crippen LogP contribution in [-0.4, -0.2) is 23.4 Å². The summed E-state index contributed by atoms with van der Waals surface area (Å²) in [7, 11) is 0. The van der Waals surface area contributed by atoms with Crippen molar-refractivity contribution >= 4 is 0 Å². The molecule has 0 spiro atoms. The molecule has 1 atom stereocenters. The summed E-state index contributed by atoms with van der Waals surface area (Å²) in [6.07, 6.45) is -0.746. The topological polar surface area (TPSA) is 58.3 Å². The van der Waals surface area contributed by atoms with Crippen molar-refractivity contribution in [1.82, 2.24) is 5.32 Å². The standard InChI is InChI=1S/C6H16N2O/c1-6(2,3)8-4-5(7)9/h5,8-9H,4,7H2,1-3H3. The maximum Gasteiger partial charge on any atom is 0.115 e. The number of aliphatic hydroxyl groups is 1. The Morgan fingerprint density at radius 2 is 2.00 bits per heavy atom. The first-order chi connectivity index (χ1) is 3.92. The fraction of sp³-hybridized carbons (Fsp3) is 1.00. The quantitative estimate of drug-likeness (QED) is 0.450. The minimum absolute atomic E-state index is 0.0420. The predicted molar refractivity (Wildman–Crippen MR) is 37.9 cm³/mol. The van der Waals surface area contributed by atoms with Crippen molar-refractivity contribution in [2.75, 3.05) is 6.54 Å². The van der Waals surface area contributed by atoms with Crippen LogP contribution in [0.5, 0.6) is 0 Å². The average molecular weight is 132 g/mol. The number of aliphatic hydroxyl groups excluding tert-OH is 1. The summed E-state index contributed by atoms with van der Waals surface area (Å²) in [5.74, 6) is 0. The Bertz CT molecular complexity index is 75.6. The highest BCUT2D eigenvalue weighted by atomic mass is 16.3. The summed E-state index contributed by atoms with van der Waals surface area (Å²) in [5.41, 5.74) is 5.13. The monoisotopic (exact) mass is 132 g/mol. The molecule has 0 heterocycles. The third kappa shape index (κ3) is 7.88. The summed E-state index contributed by atoms with van der Waals surface area (Å²) >= 11 is 0. The molecule has 0 saturated heterocycles. The maximum absolute atomic E-state index is 8.63. The van der Waals surface area contributed by atoms with E-state index in [9.17, 15) is 0 Å². The molecule has 0 amide bonds. The second kappa shape index (κ2) is 3.15. The van der Waals surface area contributed by atoms with Crippen molar-refractivity contribution in [1.29, 1.82) is 0 Å². The van der Waals surface area contributed by atoms with Crippen LogP contribution in [0.1, 0.15) is 20.8 Å². The van der Waals surface area contributed by atoms with E-state index in [2.05, 4.69) is 5.32 Å². The minimum Gasteiger partial charge on any atom is -0.377 e. The summed E-state index contributed by atoms with van der Waals surface area (Å²) in [5, 5.41) is 11.7. The summed E-state index contributed by atoms with van der Waals surface area (Å²) in [6.45, 7) is 6.52. The molecule has 0 rings (SSSR count). The van der Waals surface area contributed by atoms with Crippen molar-refractivity contribution < 1.29 is 5.11 Å². The van der Waals surface area contributed by atoms with E-state index < -0.39 is 6.23 Å². The van der Waals surface area contributed by atoms with Gasteiger partial charge in [-0.1, -0.05) is 0 Å². The summed E-state index contributed by atoms with van der Waals surface area (Å²) in [6, 6.07) is 0. The molecule has 9 heavy (non-hydrogen) atoms. The molecule has 0 saturated carbocycles. The summed E-state index contributed by atoms with van der Waals surface area (Å²) < 4.78 is 0. The lowest BCUT2D eigenvalue weighted by Crippen LogP contribution is -2.43. The van der Waals surface area contributed by atoms with Crippen molar-refractivity contribution in [3.05, 3.63) is 0 Å². The van der Waals surface area contributed by atoms with E-state index >= 15 is 0 Å². The Hall–Kier alpha value is -0.120. The SMILES string of the molecule is CC(C)(C)NCC(N)O. The van der Waals surface area contributed by atoms with Gasteiger partial charge in [-0.3, -0.25) is 0 Å². The van der Waals surface area contributed by atoms with E-state index in [0.717, 1.165) is 0 Å². The molecule has 0 aromatic carbocycles. The molecule has 0 radical (unpaired) electrons. The van der Waals surface area contributed by atoms with Crippen molar-refractivity contribution in [2.45, 2.75) is 32.5 Å². The van der Waals surface area contributed by atoms with Crippen LogP contribution in [0, 0.1) is 0 Å². The fourth-order valence-electron chi connectivity index (χ4n) is 0.411. The van der Waals surface area contributed by atoms with Gasteiger partial charge >= 0.3 is 0 Å². The molecule has 3 heteroatoms. The molecule has 0 aromatic rings. The molecule has 56 valence electrons. The van der Waals surface area contributed by atoms with Crippen LogP contribution in [-0.2, 0) is 0 Å². The molecule has 0 fully saturated rings. The van der Waals surface area contributed by atoms with Crippen LogP contribution in [0.2, 0.25) is 0 Å². The third-order valence-electron chi connectivity index (χ3n) is 0.842. The van der Waals surface area contributed by atoms with Gasteiger partial charge in [-0.05, 0) is 20.8 Å². The van der Waals surface area contributed by atoms with Gasteiger partial charge in [0.25, 0.3) is 0 Å². The third-order valence-corrected chi connectivity index (χ3v) is 0.842. The molecule has 3 nitrogen and oxygen atoms in total. The van der Waals surface area contributed by atoms with Crippen LogP contribution in [0.4, 0.5) is 0 Å². The second-order valence-corrected chi connectivity index (χ2v) is 3.20. The van der Waals surface area contributed by atoms with Crippen LogP contribution in [0.25, 0.3) is 0 Å². The van der Waals surface area contributed by atoms with Gasteiger partial charge < -0.3 is 16.2 Å². The number of nitrogens with one attached hydrogen (secondary N) is 1. The van der Waals surface area contributed by atoms with Gasteiger partial charge in [0, 0.05) is 12.1 Å². The number of hydrogen-bond acceptors (Lipinski definition) is 3. The lowest BCUT2D eigenvalue weighted by atomic mass is 10.1. The van der Waals surface area contributed by atoms with E-state index in [1.807, 2.05) is 20.8 Å². The molecule has 0 aromatic heterocycles. The largest absolute Gasteiger partial charge is 0.377 e. The molecule has 0 bridgehead atoms. The first kappa shape index (κ1) is 8.88. The zero-order valence-electron chi connectivity index (χ0n) is 6.31. The van der Waals surface area contributed by atoms with E-state index in [1.54, 1.807) is 0 Å². The van der Waals surface area contributed by atoms with Crippen LogP contribution >= 0.6 is 0 Å². The molecule has 0 aliphatic heterocycles. The number of rotatable bonds is 2. The first-order valence-electron chi connectivity index (χ1n) is 3.10. The van der Waals surface area contributed by atoms with Gasteiger partial charge in [0.1, 0.15) is 6.23 Å². The van der Waals surface area contributed by atoms with E-state index in [4.69, 9.17) is 10.8 Å². The van der Waals surface area contributed by atoms with Crippen LogP contribution in [0.3, 0.4) is 0 Å². The van der Waals surface area contributed by atoms with Crippen LogP contribution < -0.4 is 11.1 Å². The van der Waals surface area contributed by atoms with Crippen molar-refractivity contribution in [2.24, 2.45) is 5.73 Å².